The third-order valence-electron chi connectivity index (χ3n) is 4.29. The maximum Gasteiger partial charge on any atom is 0.0855 e. The van der Waals surface area contributed by atoms with Crippen molar-refractivity contribution < 1.29 is 4.74 Å². The molecule has 0 aromatic carbocycles. The van der Waals surface area contributed by atoms with Crippen LogP contribution in [0.1, 0.15) is 59.3 Å². The van der Waals surface area contributed by atoms with Crippen LogP contribution in [0, 0.1) is 0 Å². The molecule has 1 aliphatic rings. The van der Waals surface area contributed by atoms with Crippen molar-refractivity contribution in [2.45, 2.75) is 77.5 Å². The van der Waals surface area contributed by atoms with Crippen LogP contribution in [0.5, 0.6) is 0 Å². The molecule has 0 bridgehead atoms. The van der Waals surface area contributed by atoms with Gasteiger partial charge in [0.15, 0.2) is 0 Å². The van der Waals surface area contributed by atoms with E-state index < -0.39 is 0 Å². The van der Waals surface area contributed by atoms with Gasteiger partial charge in [-0.15, -0.1) is 0 Å². The van der Waals surface area contributed by atoms with Crippen molar-refractivity contribution in [2.75, 3.05) is 26.7 Å². The predicted octanol–water partition coefficient (Wildman–Crippen LogP) is 3.04. The van der Waals surface area contributed by atoms with E-state index in [9.17, 15) is 0 Å². The Balaban J connectivity index is 2.28. The molecule has 3 heteroatoms. The van der Waals surface area contributed by atoms with Gasteiger partial charge in [0.05, 0.1) is 12.7 Å². The SMILES string of the molecule is CCCCCCCC(NC)C1CN(C(C)C)CCO1. The third kappa shape index (κ3) is 6.24. The van der Waals surface area contributed by atoms with Crippen LogP contribution in [0.25, 0.3) is 0 Å². The molecule has 2 atom stereocenters. The molecule has 0 amide bonds. The third-order valence-corrected chi connectivity index (χ3v) is 4.29. The summed E-state index contributed by atoms with van der Waals surface area (Å²) in [5.41, 5.74) is 0. The molecule has 1 rings (SSSR count). The number of hydrogen-bond acceptors (Lipinski definition) is 3. The molecule has 2 unspecified atom stereocenters. The van der Waals surface area contributed by atoms with Gasteiger partial charge in [0.1, 0.15) is 0 Å². The van der Waals surface area contributed by atoms with Gasteiger partial charge in [0, 0.05) is 25.2 Å². The lowest BCUT2D eigenvalue weighted by Crippen LogP contribution is -2.53. The molecule has 0 radical (unpaired) electrons. The van der Waals surface area contributed by atoms with Gasteiger partial charge in [-0.1, -0.05) is 39.0 Å². The van der Waals surface area contributed by atoms with Gasteiger partial charge < -0.3 is 10.1 Å². The fraction of sp³-hybridized carbons (Fsp3) is 1.00. The highest BCUT2D eigenvalue weighted by atomic mass is 16.5. The smallest absolute Gasteiger partial charge is 0.0855 e. The molecule has 0 saturated carbocycles. The largest absolute Gasteiger partial charge is 0.374 e. The van der Waals surface area contributed by atoms with Crippen LogP contribution in [0.2, 0.25) is 0 Å². The van der Waals surface area contributed by atoms with E-state index in [0.29, 0.717) is 18.2 Å². The molecule has 114 valence electrons. The minimum atomic E-state index is 0.368. The number of rotatable bonds is 9. The minimum Gasteiger partial charge on any atom is -0.374 e. The predicted molar refractivity (Wildman–Crippen MR) is 82.7 cm³/mol. The van der Waals surface area contributed by atoms with Gasteiger partial charge in [-0.05, 0) is 27.3 Å². The molecule has 0 aromatic rings. The molecule has 0 aliphatic carbocycles. The van der Waals surface area contributed by atoms with E-state index in [2.05, 4.69) is 38.0 Å². The quantitative estimate of drug-likeness (QED) is 0.652. The Hall–Kier alpha value is -0.120. The highest BCUT2D eigenvalue weighted by Gasteiger charge is 2.27. The average Bonchev–Trinajstić information content (AvgIpc) is 2.43. The van der Waals surface area contributed by atoms with Crippen LogP contribution in [-0.4, -0.2) is 49.8 Å². The van der Waals surface area contributed by atoms with E-state index in [-0.39, 0.29) is 0 Å². The van der Waals surface area contributed by atoms with Gasteiger partial charge in [-0.2, -0.15) is 0 Å². The van der Waals surface area contributed by atoms with E-state index in [1.54, 1.807) is 0 Å². The number of unbranched alkanes of at least 4 members (excludes halogenated alkanes) is 4. The molecule has 19 heavy (non-hydrogen) atoms. The lowest BCUT2D eigenvalue weighted by molar-refractivity contribution is -0.0557. The Morgan fingerprint density at radius 2 is 1.95 bits per heavy atom. The van der Waals surface area contributed by atoms with Crippen molar-refractivity contribution in [2.24, 2.45) is 0 Å². The van der Waals surface area contributed by atoms with Crippen LogP contribution in [0.15, 0.2) is 0 Å². The maximum atomic E-state index is 5.99. The summed E-state index contributed by atoms with van der Waals surface area (Å²) in [5, 5.41) is 3.47. The van der Waals surface area contributed by atoms with Crippen molar-refractivity contribution in [3.63, 3.8) is 0 Å². The average molecular weight is 270 g/mol. The Morgan fingerprint density at radius 3 is 2.58 bits per heavy atom. The number of morpholine rings is 1. The van der Waals surface area contributed by atoms with Crippen LogP contribution in [0.3, 0.4) is 0 Å². The van der Waals surface area contributed by atoms with Crippen molar-refractivity contribution >= 4 is 0 Å². The first-order chi connectivity index (χ1) is 9.19. The van der Waals surface area contributed by atoms with Gasteiger partial charge in [0.2, 0.25) is 0 Å². The first kappa shape index (κ1) is 16.9. The topological polar surface area (TPSA) is 24.5 Å². The monoisotopic (exact) mass is 270 g/mol. The molecular weight excluding hydrogens is 236 g/mol. The fourth-order valence-electron chi connectivity index (χ4n) is 2.89. The first-order valence-corrected chi connectivity index (χ1v) is 8.22. The zero-order valence-corrected chi connectivity index (χ0v) is 13.5. The highest BCUT2D eigenvalue weighted by molar-refractivity contribution is 4.83. The van der Waals surface area contributed by atoms with Crippen LogP contribution < -0.4 is 5.32 Å². The number of nitrogens with one attached hydrogen (secondary N) is 1. The van der Waals surface area contributed by atoms with E-state index in [0.717, 1.165) is 19.7 Å². The van der Waals surface area contributed by atoms with Crippen molar-refractivity contribution in [3.05, 3.63) is 0 Å². The zero-order valence-electron chi connectivity index (χ0n) is 13.5. The van der Waals surface area contributed by atoms with Crippen LogP contribution in [-0.2, 0) is 4.74 Å². The van der Waals surface area contributed by atoms with Crippen molar-refractivity contribution in [1.29, 1.82) is 0 Å². The standard InChI is InChI=1S/C16H34N2O/c1-5-6-7-8-9-10-15(17-4)16-13-18(14(2)3)11-12-19-16/h14-17H,5-13H2,1-4H3. The van der Waals surface area contributed by atoms with Crippen molar-refractivity contribution in [3.8, 4) is 0 Å². The minimum absolute atomic E-state index is 0.368. The van der Waals surface area contributed by atoms with Crippen LogP contribution in [0.4, 0.5) is 0 Å². The van der Waals surface area contributed by atoms with Gasteiger partial charge in [-0.25, -0.2) is 0 Å². The van der Waals surface area contributed by atoms with Crippen LogP contribution >= 0.6 is 0 Å². The summed E-state index contributed by atoms with van der Waals surface area (Å²) in [6.07, 6.45) is 8.40. The zero-order chi connectivity index (χ0) is 14.1. The number of hydrogen-bond donors (Lipinski definition) is 1. The van der Waals surface area contributed by atoms with E-state index >= 15 is 0 Å². The first-order valence-electron chi connectivity index (χ1n) is 8.22. The molecular formula is C16H34N2O. The molecule has 1 heterocycles. The molecule has 1 saturated heterocycles. The molecule has 1 fully saturated rings. The summed E-state index contributed by atoms with van der Waals surface area (Å²) in [6.45, 7) is 9.88. The second-order valence-electron chi connectivity index (χ2n) is 6.10. The number of likely N-dealkylation sites (N-methyl/N-ethyl adjacent to an activating group) is 1. The van der Waals surface area contributed by atoms with Gasteiger partial charge >= 0.3 is 0 Å². The highest BCUT2D eigenvalue weighted by Crippen LogP contribution is 2.16. The number of nitrogens with zero attached hydrogens (tertiary/aromatic N) is 1. The summed E-state index contributed by atoms with van der Waals surface area (Å²) in [5.74, 6) is 0. The second kappa shape index (κ2) is 9.73. The number of ether oxygens (including phenoxy) is 1. The van der Waals surface area contributed by atoms with Gasteiger partial charge in [0.25, 0.3) is 0 Å². The summed E-state index contributed by atoms with van der Waals surface area (Å²) in [6, 6.07) is 1.15. The van der Waals surface area contributed by atoms with E-state index in [1.165, 1.54) is 38.5 Å². The van der Waals surface area contributed by atoms with E-state index in [4.69, 9.17) is 4.74 Å². The molecule has 1 aliphatic heterocycles. The molecule has 0 aromatic heterocycles. The molecule has 1 N–H and O–H groups in total. The Bertz CT molecular complexity index is 221. The summed E-state index contributed by atoms with van der Waals surface area (Å²) in [7, 11) is 2.08. The van der Waals surface area contributed by atoms with Crippen molar-refractivity contribution in [1.82, 2.24) is 10.2 Å². The Morgan fingerprint density at radius 1 is 1.21 bits per heavy atom. The summed E-state index contributed by atoms with van der Waals surface area (Å²) >= 11 is 0. The fourth-order valence-corrected chi connectivity index (χ4v) is 2.89. The lowest BCUT2D eigenvalue weighted by atomic mass is 10.0. The Kier molecular flexibility index (Phi) is 8.67. The molecule has 0 spiro atoms. The lowest BCUT2D eigenvalue weighted by Gasteiger charge is -2.39. The van der Waals surface area contributed by atoms with E-state index in [1.807, 2.05) is 0 Å². The maximum absolute atomic E-state index is 5.99. The van der Waals surface area contributed by atoms with Gasteiger partial charge in [-0.3, -0.25) is 4.90 Å². The summed E-state index contributed by atoms with van der Waals surface area (Å²) < 4.78 is 5.99. The normalized spacial score (nSPS) is 22.9. The second-order valence-corrected chi connectivity index (χ2v) is 6.10. The summed E-state index contributed by atoms with van der Waals surface area (Å²) in [4.78, 5) is 2.54. The Labute approximate surface area is 120 Å². The molecule has 3 nitrogen and oxygen atoms in total.